The molecule has 7 heteroatoms. The fraction of sp³-hybridized carbons (Fsp3) is 0.190. The zero-order chi connectivity index (χ0) is 19.3. The van der Waals surface area contributed by atoms with Crippen molar-refractivity contribution in [2.75, 3.05) is 23.8 Å². The van der Waals surface area contributed by atoms with E-state index in [1.165, 1.54) is 5.56 Å². The molecule has 0 aliphatic carbocycles. The number of aryl methyl sites for hydroxylation is 1. The number of hydrogen-bond acceptors (Lipinski definition) is 6. The summed E-state index contributed by atoms with van der Waals surface area (Å²) in [6, 6.07) is 16.6. The molecule has 1 aromatic heterocycles. The van der Waals surface area contributed by atoms with E-state index in [2.05, 4.69) is 27.8 Å². The van der Waals surface area contributed by atoms with Crippen molar-refractivity contribution in [1.29, 1.82) is 0 Å². The van der Waals surface area contributed by atoms with Gasteiger partial charge in [-0.25, -0.2) is 0 Å². The van der Waals surface area contributed by atoms with Crippen molar-refractivity contribution in [3.8, 4) is 11.5 Å². The number of rotatable bonds is 5. The van der Waals surface area contributed by atoms with E-state index in [0.29, 0.717) is 24.8 Å². The molecule has 0 saturated carbocycles. The minimum Gasteiger partial charge on any atom is -0.486 e. The van der Waals surface area contributed by atoms with Crippen LogP contribution in [0.25, 0.3) is 0 Å². The number of carbonyl (C=O) groups is 1. The monoisotopic (exact) mass is 376 g/mol. The molecule has 28 heavy (non-hydrogen) atoms. The zero-order valence-electron chi connectivity index (χ0n) is 15.4. The summed E-state index contributed by atoms with van der Waals surface area (Å²) in [4.78, 5) is 12.3. The van der Waals surface area contributed by atoms with Crippen LogP contribution in [0.5, 0.6) is 11.5 Å². The third-order valence-electron chi connectivity index (χ3n) is 4.33. The predicted octanol–water partition coefficient (Wildman–Crippen LogP) is 3.81. The van der Waals surface area contributed by atoms with Crippen LogP contribution in [0.3, 0.4) is 0 Å². The third kappa shape index (κ3) is 4.03. The van der Waals surface area contributed by atoms with Crippen molar-refractivity contribution in [3.63, 3.8) is 0 Å². The van der Waals surface area contributed by atoms with Crippen molar-refractivity contribution in [1.82, 2.24) is 10.2 Å². The Morgan fingerprint density at radius 3 is 2.39 bits per heavy atom. The summed E-state index contributed by atoms with van der Waals surface area (Å²) in [5.74, 6) is 1.64. The molecule has 0 fully saturated rings. The molecule has 0 radical (unpaired) electrons. The molecule has 1 amide bonds. The predicted molar refractivity (Wildman–Crippen MR) is 107 cm³/mol. The average molecular weight is 376 g/mol. The average Bonchev–Trinajstić information content (AvgIpc) is 2.75. The Balaban J connectivity index is 1.41. The minimum absolute atomic E-state index is 0.243. The van der Waals surface area contributed by atoms with Crippen LogP contribution in [-0.2, 0) is 6.42 Å². The highest BCUT2D eigenvalue weighted by molar-refractivity contribution is 6.02. The van der Waals surface area contributed by atoms with E-state index in [9.17, 15) is 4.79 Å². The molecule has 2 N–H and O–H groups in total. The van der Waals surface area contributed by atoms with Gasteiger partial charge in [0.05, 0.1) is 0 Å². The lowest BCUT2D eigenvalue weighted by Gasteiger charge is -2.19. The second-order valence-corrected chi connectivity index (χ2v) is 6.29. The van der Waals surface area contributed by atoms with Gasteiger partial charge in [0.2, 0.25) is 0 Å². The van der Waals surface area contributed by atoms with Crippen molar-refractivity contribution >= 4 is 23.1 Å². The quantitative estimate of drug-likeness (QED) is 0.704. The van der Waals surface area contributed by atoms with Crippen molar-refractivity contribution in [3.05, 3.63) is 65.9 Å². The summed E-state index contributed by atoms with van der Waals surface area (Å²) in [7, 11) is 0. The van der Waals surface area contributed by atoms with Gasteiger partial charge in [-0.3, -0.25) is 4.79 Å². The lowest BCUT2D eigenvalue weighted by Crippen LogP contribution is -2.15. The molecule has 0 unspecified atom stereocenters. The van der Waals surface area contributed by atoms with Crippen LogP contribution in [0.4, 0.5) is 17.2 Å². The molecule has 1 aliphatic rings. The standard InChI is InChI=1S/C21H20N4O3/c1-2-14-3-5-15(6-4-14)23-21(26)17-8-10-20(25-24-17)22-16-7-9-18-19(13-16)28-12-11-27-18/h3-10,13H,2,11-12H2,1H3,(H,22,25)(H,23,26). The smallest absolute Gasteiger partial charge is 0.276 e. The van der Waals surface area contributed by atoms with Gasteiger partial charge >= 0.3 is 0 Å². The Bertz CT molecular complexity index is 972. The molecule has 2 heterocycles. The first-order chi connectivity index (χ1) is 13.7. The molecule has 7 nitrogen and oxygen atoms in total. The number of fused-ring (bicyclic) bond motifs is 1. The van der Waals surface area contributed by atoms with Crippen LogP contribution < -0.4 is 20.1 Å². The summed E-state index contributed by atoms with van der Waals surface area (Å²) >= 11 is 0. The molecule has 3 aromatic rings. The largest absolute Gasteiger partial charge is 0.486 e. The van der Waals surface area contributed by atoms with E-state index in [1.54, 1.807) is 12.1 Å². The van der Waals surface area contributed by atoms with E-state index in [-0.39, 0.29) is 11.6 Å². The van der Waals surface area contributed by atoms with E-state index in [4.69, 9.17) is 9.47 Å². The topological polar surface area (TPSA) is 85.4 Å². The van der Waals surface area contributed by atoms with Crippen LogP contribution >= 0.6 is 0 Å². The lowest BCUT2D eigenvalue weighted by atomic mass is 10.1. The van der Waals surface area contributed by atoms with Gasteiger partial charge in [-0.2, -0.15) is 0 Å². The number of amides is 1. The minimum atomic E-state index is -0.303. The van der Waals surface area contributed by atoms with Crippen LogP contribution in [0.2, 0.25) is 0 Å². The number of benzene rings is 2. The number of aromatic nitrogens is 2. The Kier molecular flexibility index (Phi) is 5.05. The number of carbonyl (C=O) groups excluding carboxylic acids is 1. The lowest BCUT2D eigenvalue weighted by molar-refractivity contribution is 0.102. The van der Waals surface area contributed by atoms with Gasteiger partial charge in [0, 0.05) is 17.4 Å². The molecule has 0 bridgehead atoms. The van der Waals surface area contributed by atoms with Gasteiger partial charge in [0.15, 0.2) is 23.0 Å². The van der Waals surface area contributed by atoms with E-state index in [0.717, 1.165) is 23.5 Å². The molecule has 0 spiro atoms. The zero-order valence-corrected chi connectivity index (χ0v) is 15.4. The number of hydrogen-bond donors (Lipinski definition) is 2. The Labute approximate surface area is 162 Å². The summed E-state index contributed by atoms with van der Waals surface area (Å²) in [5.41, 5.74) is 2.98. The summed E-state index contributed by atoms with van der Waals surface area (Å²) in [6.45, 7) is 3.17. The maximum atomic E-state index is 12.3. The Morgan fingerprint density at radius 1 is 0.929 bits per heavy atom. The van der Waals surface area contributed by atoms with E-state index in [1.807, 2.05) is 42.5 Å². The second kappa shape index (κ2) is 7.96. The van der Waals surface area contributed by atoms with Gasteiger partial charge in [-0.1, -0.05) is 19.1 Å². The molecule has 1 aliphatic heterocycles. The molecule has 4 rings (SSSR count). The Hall–Kier alpha value is -3.61. The second-order valence-electron chi connectivity index (χ2n) is 6.29. The normalized spacial score (nSPS) is 12.3. The van der Waals surface area contributed by atoms with Gasteiger partial charge in [-0.15, -0.1) is 10.2 Å². The highest BCUT2D eigenvalue weighted by Crippen LogP contribution is 2.33. The molecular formula is C21H20N4O3. The van der Waals surface area contributed by atoms with Gasteiger partial charge in [0.25, 0.3) is 5.91 Å². The van der Waals surface area contributed by atoms with Crippen LogP contribution in [0, 0.1) is 0 Å². The first kappa shape index (κ1) is 17.8. The molecule has 0 atom stereocenters. The van der Waals surface area contributed by atoms with Crippen molar-refractivity contribution < 1.29 is 14.3 Å². The van der Waals surface area contributed by atoms with Crippen molar-refractivity contribution in [2.24, 2.45) is 0 Å². The maximum absolute atomic E-state index is 12.3. The van der Waals surface area contributed by atoms with Gasteiger partial charge in [-0.05, 0) is 48.4 Å². The van der Waals surface area contributed by atoms with E-state index >= 15 is 0 Å². The summed E-state index contributed by atoms with van der Waals surface area (Å²) < 4.78 is 11.1. The number of anilines is 3. The third-order valence-corrected chi connectivity index (χ3v) is 4.33. The number of nitrogens with zero attached hydrogens (tertiary/aromatic N) is 2. The molecule has 0 saturated heterocycles. The fourth-order valence-electron chi connectivity index (χ4n) is 2.81. The van der Waals surface area contributed by atoms with E-state index < -0.39 is 0 Å². The molecule has 142 valence electrons. The van der Waals surface area contributed by atoms with Crippen LogP contribution in [-0.4, -0.2) is 29.3 Å². The SMILES string of the molecule is CCc1ccc(NC(=O)c2ccc(Nc3ccc4c(c3)OCCO4)nn2)cc1. The Morgan fingerprint density at radius 2 is 1.68 bits per heavy atom. The maximum Gasteiger partial charge on any atom is 0.276 e. The molecule has 2 aromatic carbocycles. The highest BCUT2D eigenvalue weighted by Gasteiger charge is 2.13. The number of nitrogens with one attached hydrogen (secondary N) is 2. The number of ether oxygens (including phenoxy) is 2. The molecular weight excluding hydrogens is 356 g/mol. The summed E-state index contributed by atoms with van der Waals surface area (Å²) in [6.07, 6.45) is 0.956. The highest BCUT2D eigenvalue weighted by atomic mass is 16.6. The van der Waals surface area contributed by atoms with Crippen molar-refractivity contribution in [2.45, 2.75) is 13.3 Å². The van der Waals surface area contributed by atoms with Gasteiger partial charge in [0.1, 0.15) is 13.2 Å². The first-order valence-electron chi connectivity index (χ1n) is 9.12. The summed E-state index contributed by atoms with van der Waals surface area (Å²) in [5, 5.41) is 14.1. The van der Waals surface area contributed by atoms with Crippen LogP contribution in [0.15, 0.2) is 54.6 Å². The van der Waals surface area contributed by atoms with Gasteiger partial charge < -0.3 is 20.1 Å². The fourth-order valence-corrected chi connectivity index (χ4v) is 2.81. The van der Waals surface area contributed by atoms with Crippen LogP contribution in [0.1, 0.15) is 23.0 Å². The first-order valence-corrected chi connectivity index (χ1v) is 9.12.